The lowest BCUT2D eigenvalue weighted by Gasteiger charge is -2.24. The van der Waals surface area contributed by atoms with Crippen LogP contribution >= 0.6 is 11.6 Å². The van der Waals surface area contributed by atoms with Crippen LogP contribution in [0.3, 0.4) is 0 Å². The lowest BCUT2D eigenvalue weighted by Crippen LogP contribution is -2.19. The first-order valence-electron chi connectivity index (χ1n) is 8.89. The van der Waals surface area contributed by atoms with E-state index in [4.69, 9.17) is 21.1 Å². The second-order valence-electron chi connectivity index (χ2n) is 6.57. The number of halogens is 2. The molecule has 1 atom stereocenters. The van der Waals surface area contributed by atoms with Crippen molar-refractivity contribution in [3.8, 4) is 5.75 Å². The van der Waals surface area contributed by atoms with Gasteiger partial charge in [0.1, 0.15) is 18.2 Å². The molecule has 0 N–H and O–H groups in total. The number of carbonyl (C=O) groups excluding carboxylic acids is 1. The predicted octanol–water partition coefficient (Wildman–Crippen LogP) is 5.12. The maximum atomic E-state index is 13.9. The summed E-state index contributed by atoms with van der Waals surface area (Å²) in [4.78, 5) is 11.7. The Morgan fingerprint density at radius 3 is 2.85 bits per heavy atom. The molecule has 0 aliphatic heterocycles. The zero-order valence-electron chi connectivity index (χ0n) is 14.8. The van der Waals surface area contributed by atoms with Crippen molar-refractivity contribution < 1.29 is 18.7 Å². The summed E-state index contributed by atoms with van der Waals surface area (Å²) < 4.78 is 24.7. The molecule has 1 aliphatic rings. The molecular weight excluding hydrogens is 355 g/mol. The van der Waals surface area contributed by atoms with Crippen LogP contribution in [0.4, 0.5) is 4.39 Å². The van der Waals surface area contributed by atoms with Gasteiger partial charge in [-0.15, -0.1) is 0 Å². The number of ether oxygens (including phenoxy) is 2. The smallest absolute Gasteiger partial charge is 0.306 e. The van der Waals surface area contributed by atoms with E-state index < -0.39 is 0 Å². The number of fused-ring (bicyclic) bond motifs is 1. The third-order valence-electron chi connectivity index (χ3n) is 4.68. The highest BCUT2D eigenvalue weighted by Gasteiger charge is 2.22. The third-order valence-corrected chi connectivity index (χ3v) is 4.91. The predicted molar refractivity (Wildman–Crippen MR) is 98.9 cm³/mol. The van der Waals surface area contributed by atoms with Crippen molar-refractivity contribution in [2.24, 2.45) is 5.92 Å². The Kier molecular flexibility index (Phi) is 6.15. The van der Waals surface area contributed by atoms with Crippen LogP contribution in [0.15, 0.2) is 36.4 Å². The SMILES string of the molecule is CCOC(=O)CC1CCc2ccc(OCc3ccc(Cl)cc3F)cc2C1. The highest BCUT2D eigenvalue weighted by Crippen LogP contribution is 2.31. The van der Waals surface area contributed by atoms with Gasteiger partial charge in [0, 0.05) is 17.0 Å². The monoisotopic (exact) mass is 376 g/mol. The number of esters is 1. The maximum absolute atomic E-state index is 13.9. The molecule has 0 radical (unpaired) electrons. The fourth-order valence-electron chi connectivity index (χ4n) is 3.33. The van der Waals surface area contributed by atoms with Gasteiger partial charge in [0.25, 0.3) is 0 Å². The largest absolute Gasteiger partial charge is 0.489 e. The van der Waals surface area contributed by atoms with E-state index in [-0.39, 0.29) is 18.4 Å². The quantitative estimate of drug-likeness (QED) is 0.657. The van der Waals surface area contributed by atoms with E-state index >= 15 is 0 Å². The van der Waals surface area contributed by atoms with Crippen LogP contribution in [0.25, 0.3) is 0 Å². The Labute approximate surface area is 158 Å². The number of benzene rings is 2. The topological polar surface area (TPSA) is 35.5 Å². The zero-order valence-corrected chi connectivity index (χ0v) is 15.5. The van der Waals surface area contributed by atoms with Crippen molar-refractivity contribution in [1.82, 2.24) is 0 Å². The molecule has 1 aliphatic carbocycles. The molecule has 0 heterocycles. The van der Waals surface area contributed by atoms with Gasteiger partial charge in [-0.1, -0.05) is 23.7 Å². The molecule has 5 heteroatoms. The molecule has 0 spiro atoms. The fraction of sp³-hybridized carbons (Fsp3) is 0.381. The second-order valence-corrected chi connectivity index (χ2v) is 7.01. The molecule has 138 valence electrons. The van der Waals surface area contributed by atoms with E-state index in [2.05, 4.69) is 6.07 Å². The molecule has 2 aromatic carbocycles. The fourth-order valence-corrected chi connectivity index (χ4v) is 3.49. The summed E-state index contributed by atoms with van der Waals surface area (Å²) >= 11 is 5.77. The van der Waals surface area contributed by atoms with Crippen LogP contribution in [0.2, 0.25) is 5.02 Å². The molecule has 0 saturated heterocycles. The third kappa shape index (κ3) is 4.76. The highest BCUT2D eigenvalue weighted by molar-refractivity contribution is 6.30. The number of aryl methyl sites for hydroxylation is 1. The van der Waals surface area contributed by atoms with Crippen LogP contribution in [0, 0.1) is 11.7 Å². The minimum absolute atomic E-state index is 0.133. The second kappa shape index (κ2) is 8.54. The van der Waals surface area contributed by atoms with Gasteiger partial charge in [-0.25, -0.2) is 4.39 Å². The Bertz CT molecular complexity index is 791. The van der Waals surface area contributed by atoms with Gasteiger partial charge in [-0.05, 0) is 67.5 Å². The summed E-state index contributed by atoms with van der Waals surface area (Å²) in [5.41, 5.74) is 2.95. The summed E-state index contributed by atoms with van der Waals surface area (Å²) in [6, 6.07) is 10.5. The summed E-state index contributed by atoms with van der Waals surface area (Å²) in [5, 5.41) is 0.368. The molecule has 1 unspecified atom stereocenters. The van der Waals surface area contributed by atoms with Crippen molar-refractivity contribution in [3.63, 3.8) is 0 Å². The van der Waals surface area contributed by atoms with Gasteiger partial charge in [-0.3, -0.25) is 4.79 Å². The first-order valence-corrected chi connectivity index (χ1v) is 9.27. The van der Waals surface area contributed by atoms with Gasteiger partial charge in [0.05, 0.1) is 6.61 Å². The van der Waals surface area contributed by atoms with E-state index in [0.29, 0.717) is 35.3 Å². The maximum Gasteiger partial charge on any atom is 0.306 e. The molecule has 0 fully saturated rings. The Morgan fingerprint density at radius 2 is 2.08 bits per heavy atom. The molecular formula is C21H22ClFO3. The number of carbonyl (C=O) groups is 1. The van der Waals surface area contributed by atoms with Gasteiger partial charge in [0.15, 0.2) is 0 Å². The Morgan fingerprint density at radius 1 is 1.23 bits per heavy atom. The van der Waals surface area contributed by atoms with Crippen molar-refractivity contribution >= 4 is 17.6 Å². The van der Waals surface area contributed by atoms with Gasteiger partial charge in [0.2, 0.25) is 0 Å². The van der Waals surface area contributed by atoms with Crippen molar-refractivity contribution in [2.45, 2.75) is 39.2 Å². The average molecular weight is 377 g/mol. The summed E-state index contributed by atoms with van der Waals surface area (Å²) in [5.74, 6) is 0.497. The first kappa shape index (κ1) is 18.7. The van der Waals surface area contributed by atoms with Crippen LogP contribution in [-0.2, 0) is 29.0 Å². The van der Waals surface area contributed by atoms with E-state index in [1.165, 1.54) is 17.2 Å². The van der Waals surface area contributed by atoms with Crippen molar-refractivity contribution in [2.75, 3.05) is 6.61 Å². The van der Waals surface area contributed by atoms with Crippen LogP contribution in [0.1, 0.15) is 36.5 Å². The Hall–Kier alpha value is -2.07. The number of hydrogen-bond acceptors (Lipinski definition) is 3. The molecule has 0 bridgehead atoms. The van der Waals surface area contributed by atoms with Crippen molar-refractivity contribution in [3.05, 3.63) is 63.9 Å². The molecule has 26 heavy (non-hydrogen) atoms. The minimum Gasteiger partial charge on any atom is -0.489 e. The van der Waals surface area contributed by atoms with Crippen molar-refractivity contribution in [1.29, 1.82) is 0 Å². The van der Waals surface area contributed by atoms with E-state index in [9.17, 15) is 9.18 Å². The van der Waals surface area contributed by atoms with E-state index in [0.717, 1.165) is 19.3 Å². The highest BCUT2D eigenvalue weighted by atomic mass is 35.5. The number of rotatable bonds is 6. The summed E-state index contributed by atoms with van der Waals surface area (Å²) in [6.07, 6.45) is 3.22. The summed E-state index contributed by atoms with van der Waals surface area (Å²) in [7, 11) is 0. The standard InChI is InChI=1S/C21H22ClFO3/c1-2-25-21(24)10-14-3-4-15-6-8-19(11-17(15)9-14)26-13-16-5-7-18(22)12-20(16)23/h5-8,11-12,14H,2-4,9-10,13H2,1H3. The molecule has 2 aromatic rings. The van der Waals surface area contributed by atoms with Crippen LogP contribution in [0.5, 0.6) is 5.75 Å². The Balaban J connectivity index is 1.64. The summed E-state index contributed by atoms with van der Waals surface area (Å²) in [6.45, 7) is 2.39. The molecule has 3 rings (SSSR count). The lowest BCUT2D eigenvalue weighted by atomic mass is 9.82. The van der Waals surface area contributed by atoms with E-state index in [1.807, 2.05) is 19.1 Å². The molecule has 0 aromatic heterocycles. The van der Waals surface area contributed by atoms with Gasteiger partial charge >= 0.3 is 5.97 Å². The molecule has 3 nitrogen and oxygen atoms in total. The number of hydrogen-bond donors (Lipinski definition) is 0. The molecule has 0 amide bonds. The van der Waals surface area contributed by atoms with Crippen LogP contribution < -0.4 is 4.74 Å². The first-order chi connectivity index (χ1) is 12.5. The normalized spacial score (nSPS) is 16.0. The minimum atomic E-state index is -0.370. The average Bonchev–Trinajstić information content (AvgIpc) is 2.61. The van der Waals surface area contributed by atoms with Gasteiger partial charge < -0.3 is 9.47 Å². The van der Waals surface area contributed by atoms with Crippen LogP contribution in [-0.4, -0.2) is 12.6 Å². The molecule has 0 saturated carbocycles. The lowest BCUT2D eigenvalue weighted by molar-refractivity contribution is -0.144. The zero-order chi connectivity index (χ0) is 18.5. The van der Waals surface area contributed by atoms with Gasteiger partial charge in [-0.2, -0.15) is 0 Å². The van der Waals surface area contributed by atoms with E-state index in [1.54, 1.807) is 12.1 Å².